The van der Waals surface area contributed by atoms with Crippen molar-refractivity contribution in [2.75, 3.05) is 26.1 Å². The maximum atomic E-state index is 12.5. The van der Waals surface area contributed by atoms with Crippen molar-refractivity contribution < 1.29 is 9.53 Å². The van der Waals surface area contributed by atoms with Gasteiger partial charge in [0.05, 0.1) is 7.11 Å². The number of carbonyl (C=O) groups excluding carboxylic acids is 1. The van der Waals surface area contributed by atoms with Crippen molar-refractivity contribution >= 4 is 17.5 Å². The van der Waals surface area contributed by atoms with E-state index in [4.69, 9.17) is 16.3 Å². The van der Waals surface area contributed by atoms with Crippen molar-refractivity contribution in [2.24, 2.45) is 5.92 Å². The molecular weight excluding hydrogens is 262 g/mol. The first-order valence-electron chi connectivity index (χ1n) is 6.74. The Morgan fingerprint density at radius 1 is 1.53 bits per heavy atom. The predicted molar refractivity (Wildman–Crippen MR) is 77.0 cm³/mol. The van der Waals surface area contributed by atoms with Gasteiger partial charge in [0.2, 0.25) is 0 Å². The number of hydrogen-bond donors (Lipinski definition) is 0. The van der Waals surface area contributed by atoms with Gasteiger partial charge in [-0.25, -0.2) is 0 Å². The molecule has 0 aromatic heterocycles. The molecule has 0 saturated carbocycles. The molecule has 1 aliphatic heterocycles. The Morgan fingerprint density at radius 3 is 3.11 bits per heavy atom. The van der Waals surface area contributed by atoms with Gasteiger partial charge in [0.1, 0.15) is 5.75 Å². The van der Waals surface area contributed by atoms with E-state index in [1.807, 2.05) is 23.1 Å². The zero-order chi connectivity index (χ0) is 13.7. The molecule has 104 valence electrons. The van der Waals surface area contributed by atoms with Gasteiger partial charge in [-0.05, 0) is 43.4 Å². The van der Waals surface area contributed by atoms with Gasteiger partial charge in [-0.2, -0.15) is 0 Å². The number of halogens is 1. The fourth-order valence-electron chi connectivity index (χ4n) is 2.58. The summed E-state index contributed by atoms with van der Waals surface area (Å²) in [6, 6.07) is 7.35. The Labute approximate surface area is 119 Å². The van der Waals surface area contributed by atoms with Crippen molar-refractivity contribution in [3.05, 3.63) is 29.8 Å². The van der Waals surface area contributed by atoms with Crippen molar-refractivity contribution in [1.29, 1.82) is 0 Å². The number of nitrogens with zero attached hydrogens (tertiary/aromatic N) is 1. The highest BCUT2D eigenvalue weighted by atomic mass is 35.5. The lowest BCUT2D eigenvalue weighted by molar-refractivity contribution is 0.0671. The number of benzene rings is 1. The van der Waals surface area contributed by atoms with Crippen LogP contribution >= 0.6 is 11.6 Å². The predicted octanol–water partition coefficient (Wildman–Crippen LogP) is 3.18. The molecule has 1 aromatic carbocycles. The number of carbonyl (C=O) groups is 1. The van der Waals surface area contributed by atoms with E-state index < -0.39 is 0 Å². The number of piperidine rings is 1. The Morgan fingerprint density at radius 2 is 2.37 bits per heavy atom. The minimum atomic E-state index is 0.0955. The van der Waals surface area contributed by atoms with Crippen LogP contribution in [0.5, 0.6) is 5.75 Å². The molecule has 1 heterocycles. The van der Waals surface area contributed by atoms with Crippen molar-refractivity contribution in [2.45, 2.75) is 19.3 Å². The zero-order valence-corrected chi connectivity index (χ0v) is 12.0. The van der Waals surface area contributed by atoms with Gasteiger partial charge >= 0.3 is 0 Å². The quantitative estimate of drug-likeness (QED) is 0.794. The van der Waals surface area contributed by atoms with E-state index in [2.05, 4.69) is 0 Å². The van der Waals surface area contributed by atoms with Crippen LogP contribution in [0.1, 0.15) is 29.6 Å². The largest absolute Gasteiger partial charge is 0.497 e. The van der Waals surface area contributed by atoms with Crippen molar-refractivity contribution in [3.63, 3.8) is 0 Å². The lowest BCUT2D eigenvalue weighted by atomic mass is 9.95. The number of rotatable bonds is 4. The smallest absolute Gasteiger partial charge is 0.253 e. The summed E-state index contributed by atoms with van der Waals surface area (Å²) < 4.78 is 5.16. The minimum absolute atomic E-state index is 0.0955. The van der Waals surface area contributed by atoms with Gasteiger partial charge in [-0.3, -0.25) is 4.79 Å². The minimum Gasteiger partial charge on any atom is -0.497 e. The summed E-state index contributed by atoms with van der Waals surface area (Å²) in [5.74, 6) is 2.03. The summed E-state index contributed by atoms with van der Waals surface area (Å²) in [5, 5.41) is 0. The number of amides is 1. The van der Waals surface area contributed by atoms with Crippen LogP contribution in [0.4, 0.5) is 0 Å². The van der Waals surface area contributed by atoms with Crippen molar-refractivity contribution in [3.8, 4) is 5.75 Å². The third-order valence-corrected chi connectivity index (χ3v) is 3.86. The summed E-state index contributed by atoms with van der Waals surface area (Å²) in [4.78, 5) is 14.4. The molecule has 19 heavy (non-hydrogen) atoms. The van der Waals surface area contributed by atoms with Gasteiger partial charge in [0, 0.05) is 24.5 Å². The summed E-state index contributed by atoms with van der Waals surface area (Å²) in [6.07, 6.45) is 3.23. The Bertz CT molecular complexity index is 434. The van der Waals surface area contributed by atoms with Gasteiger partial charge in [-0.15, -0.1) is 11.6 Å². The standard InChI is InChI=1S/C15H20ClNO2/c1-19-14-6-2-5-13(10-14)15(18)17-9-3-4-12(11-17)7-8-16/h2,5-6,10,12H,3-4,7-9,11H2,1H3. The van der Waals surface area contributed by atoms with Gasteiger partial charge in [-0.1, -0.05) is 6.07 Å². The zero-order valence-electron chi connectivity index (χ0n) is 11.3. The SMILES string of the molecule is COc1cccc(C(=O)N2CCCC(CCCl)C2)c1. The first-order chi connectivity index (χ1) is 9.24. The number of ether oxygens (including phenoxy) is 1. The lowest BCUT2D eigenvalue weighted by Crippen LogP contribution is -2.40. The normalized spacial score (nSPS) is 19.3. The highest BCUT2D eigenvalue weighted by Crippen LogP contribution is 2.22. The van der Waals surface area contributed by atoms with Gasteiger partial charge in [0.15, 0.2) is 0 Å². The summed E-state index contributed by atoms with van der Waals surface area (Å²) in [7, 11) is 1.61. The molecule has 1 amide bonds. The Balaban J connectivity index is 2.05. The average Bonchev–Trinajstić information content (AvgIpc) is 2.47. The van der Waals surface area contributed by atoms with Crippen LogP contribution in [0.2, 0.25) is 0 Å². The van der Waals surface area contributed by atoms with E-state index in [-0.39, 0.29) is 5.91 Å². The molecular formula is C15H20ClNO2. The molecule has 0 bridgehead atoms. The molecule has 0 spiro atoms. The molecule has 1 aromatic rings. The molecule has 3 nitrogen and oxygen atoms in total. The monoisotopic (exact) mass is 281 g/mol. The lowest BCUT2D eigenvalue weighted by Gasteiger charge is -2.32. The highest BCUT2D eigenvalue weighted by molar-refractivity contribution is 6.17. The van der Waals surface area contributed by atoms with E-state index >= 15 is 0 Å². The van der Waals surface area contributed by atoms with Crippen LogP contribution in [0.3, 0.4) is 0 Å². The number of hydrogen-bond acceptors (Lipinski definition) is 2. The van der Waals surface area contributed by atoms with E-state index in [0.29, 0.717) is 17.4 Å². The van der Waals surface area contributed by atoms with Crippen LogP contribution in [0.15, 0.2) is 24.3 Å². The maximum absolute atomic E-state index is 12.5. The molecule has 0 N–H and O–H groups in total. The van der Waals surface area contributed by atoms with E-state index in [1.54, 1.807) is 13.2 Å². The second-order valence-corrected chi connectivity index (χ2v) is 5.35. The Kier molecular flexibility index (Phi) is 5.08. The first-order valence-corrected chi connectivity index (χ1v) is 7.27. The topological polar surface area (TPSA) is 29.5 Å². The van der Waals surface area contributed by atoms with Gasteiger partial charge < -0.3 is 9.64 Å². The fraction of sp³-hybridized carbons (Fsp3) is 0.533. The van der Waals surface area contributed by atoms with Crippen LogP contribution < -0.4 is 4.74 Å². The van der Waals surface area contributed by atoms with Crippen molar-refractivity contribution in [1.82, 2.24) is 4.90 Å². The number of methoxy groups -OCH3 is 1. The third kappa shape index (κ3) is 3.63. The molecule has 4 heteroatoms. The number of likely N-dealkylation sites (tertiary alicyclic amines) is 1. The molecule has 2 rings (SSSR count). The Hall–Kier alpha value is -1.22. The number of alkyl halides is 1. The van der Waals surface area contributed by atoms with Crippen LogP contribution in [-0.4, -0.2) is 36.9 Å². The van der Waals surface area contributed by atoms with Gasteiger partial charge in [0.25, 0.3) is 5.91 Å². The second kappa shape index (κ2) is 6.80. The molecule has 1 atom stereocenters. The molecule has 1 aliphatic rings. The molecule has 1 saturated heterocycles. The average molecular weight is 282 g/mol. The summed E-state index contributed by atoms with van der Waals surface area (Å²) in [5.41, 5.74) is 0.700. The third-order valence-electron chi connectivity index (χ3n) is 3.64. The highest BCUT2D eigenvalue weighted by Gasteiger charge is 2.24. The van der Waals surface area contributed by atoms with Crippen LogP contribution in [-0.2, 0) is 0 Å². The summed E-state index contributed by atoms with van der Waals surface area (Å²) in [6.45, 7) is 1.66. The van der Waals surface area contributed by atoms with Crippen LogP contribution in [0, 0.1) is 5.92 Å². The molecule has 1 unspecified atom stereocenters. The maximum Gasteiger partial charge on any atom is 0.253 e. The van der Waals surface area contributed by atoms with E-state index in [1.165, 1.54) is 6.42 Å². The second-order valence-electron chi connectivity index (χ2n) is 4.97. The first kappa shape index (κ1) is 14.2. The summed E-state index contributed by atoms with van der Waals surface area (Å²) >= 11 is 5.80. The van der Waals surface area contributed by atoms with E-state index in [0.717, 1.165) is 31.7 Å². The molecule has 0 radical (unpaired) electrons. The van der Waals surface area contributed by atoms with E-state index in [9.17, 15) is 4.79 Å². The molecule has 1 fully saturated rings. The molecule has 0 aliphatic carbocycles. The van der Waals surface area contributed by atoms with Crippen LogP contribution in [0.25, 0.3) is 0 Å². The fourth-order valence-corrected chi connectivity index (χ4v) is 2.89.